The Morgan fingerprint density at radius 2 is 1.88 bits per heavy atom. The van der Waals surface area contributed by atoms with Crippen molar-refractivity contribution in [2.24, 2.45) is 0 Å². The van der Waals surface area contributed by atoms with Gasteiger partial charge in [0.15, 0.2) is 11.2 Å². The van der Waals surface area contributed by atoms with E-state index in [1.54, 1.807) is 4.68 Å². The lowest BCUT2D eigenvalue weighted by atomic mass is 10.1. The van der Waals surface area contributed by atoms with Crippen LogP contribution in [0, 0.1) is 6.92 Å². The molecule has 0 amide bonds. The van der Waals surface area contributed by atoms with Crippen LogP contribution >= 0.6 is 0 Å². The zero-order chi connectivity index (χ0) is 23.9. The number of hydrogen-bond donors (Lipinski definition) is 0. The molecule has 0 aliphatic heterocycles. The lowest BCUT2D eigenvalue weighted by Gasteiger charge is -2.06. The first-order valence-electron chi connectivity index (χ1n) is 10.1. The second kappa shape index (κ2) is 8.21. The molecule has 34 heavy (non-hydrogen) atoms. The van der Waals surface area contributed by atoms with Crippen LogP contribution in [0.1, 0.15) is 22.6 Å². The number of fused-ring (bicyclic) bond motifs is 1. The fourth-order valence-electron chi connectivity index (χ4n) is 3.47. The summed E-state index contributed by atoms with van der Waals surface area (Å²) < 4.78 is 46.8. The maximum atomic E-state index is 13.0. The molecule has 0 fully saturated rings. The number of hydrogen-bond acceptors (Lipinski definition) is 7. The second-order valence-electron chi connectivity index (χ2n) is 7.61. The number of aryl methyl sites for hydroxylation is 1. The van der Waals surface area contributed by atoms with Crippen molar-refractivity contribution in [2.75, 3.05) is 0 Å². The maximum absolute atomic E-state index is 13.0. The van der Waals surface area contributed by atoms with Crippen molar-refractivity contribution in [1.29, 1.82) is 0 Å². The highest BCUT2D eigenvalue weighted by Crippen LogP contribution is 2.31. The first-order chi connectivity index (χ1) is 16.3. The van der Waals surface area contributed by atoms with Crippen molar-refractivity contribution in [3.63, 3.8) is 0 Å². The molecule has 0 atom stereocenters. The molecule has 0 saturated carbocycles. The Balaban J connectivity index is 1.40. The highest BCUT2D eigenvalue weighted by Gasteiger charge is 2.30. The number of aromatic nitrogens is 7. The monoisotopic (exact) mass is 467 g/mol. The van der Waals surface area contributed by atoms with Gasteiger partial charge in [0.25, 0.3) is 5.56 Å². The van der Waals surface area contributed by atoms with E-state index in [2.05, 4.69) is 25.4 Å². The lowest BCUT2D eigenvalue weighted by molar-refractivity contribution is -0.137. The van der Waals surface area contributed by atoms with Crippen LogP contribution in [0.3, 0.4) is 0 Å². The molecular formula is C22H16F3N7O2. The quantitative estimate of drug-likeness (QED) is 0.390. The summed E-state index contributed by atoms with van der Waals surface area (Å²) in [4.78, 5) is 21.3. The molecule has 172 valence electrons. The number of alkyl halides is 3. The minimum atomic E-state index is -4.49. The van der Waals surface area contributed by atoms with Crippen LogP contribution in [0.2, 0.25) is 0 Å². The van der Waals surface area contributed by atoms with E-state index in [9.17, 15) is 18.0 Å². The average Bonchev–Trinajstić information content (AvgIpc) is 3.44. The summed E-state index contributed by atoms with van der Waals surface area (Å²) in [7, 11) is 0. The summed E-state index contributed by atoms with van der Waals surface area (Å²) >= 11 is 0. The van der Waals surface area contributed by atoms with Crippen LogP contribution in [0.15, 0.2) is 64.2 Å². The van der Waals surface area contributed by atoms with E-state index in [4.69, 9.17) is 4.52 Å². The normalized spacial score (nSPS) is 11.9. The topological polar surface area (TPSA) is 105 Å². The van der Waals surface area contributed by atoms with Gasteiger partial charge in [-0.25, -0.2) is 9.67 Å². The molecule has 2 aromatic carbocycles. The average molecular weight is 467 g/mol. The Morgan fingerprint density at radius 3 is 2.68 bits per heavy atom. The fourth-order valence-corrected chi connectivity index (χ4v) is 3.47. The number of nitrogens with zero attached hydrogens (tertiary/aromatic N) is 7. The summed E-state index contributed by atoms with van der Waals surface area (Å²) in [5.74, 6) is 0.00956. The molecule has 0 bridgehead atoms. The molecule has 0 radical (unpaired) electrons. The van der Waals surface area contributed by atoms with Gasteiger partial charge in [-0.1, -0.05) is 46.8 Å². The predicted octanol–water partition coefficient (Wildman–Crippen LogP) is 3.46. The van der Waals surface area contributed by atoms with Crippen molar-refractivity contribution in [1.82, 2.24) is 34.7 Å². The van der Waals surface area contributed by atoms with E-state index in [1.807, 2.05) is 31.2 Å². The first-order valence-corrected chi connectivity index (χ1v) is 10.1. The van der Waals surface area contributed by atoms with Crippen LogP contribution in [0.5, 0.6) is 0 Å². The zero-order valence-electron chi connectivity index (χ0n) is 17.7. The largest absolute Gasteiger partial charge is 0.416 e. The van der Waals surface area contributed by atoms with E-state index >= 15 is 0 Å². The van der Waals surface area contributed by atoms with Crippen molar-refractivity contribution >= 4 is 11.2 Å². The Hall–Kier alpha value is -4.35. The summed E-state index contributed by atoms with van der Waals surface area (Å²) in [6.07, 6.45) is -3.18. The smallest absolute Gasteiger partial charge is 0.337 e. The minimum absolute atomic E-state index is 0.0210. The van der Waals surface area contributed by atoms with Gasteiger partial charge in [0.05, 0.1) is 12.1 Å². The van der Waals surface area contributed by atoms with Crippen LogP contribution in [0.4, 0.5) is 13.2 Å². The van der Waals surface area contributed by atoms with Gasteiger partial charge in [0.2, 0.25) is 11.7 Å². The van der Waals surface area contributed by atoms with Gasteiger partial charge in [0.1, 0.15) is 12.9 Å². The minimum Gasteiger partial charge on any atom is -0.337 e. The third kappa shape index (κ3) is 4.05. The van der Waals surface area contributed by atoms with E-state index in [0.717, 1.165) is 23.3 Å². The summed E-state index contributed by atoms with van der Waals surface area (Å²) in [6.45, 7) is 2.26. The van der Waals surface area contributed by atoms with E-state index in [0.29, 0.717) is 12.2 Å². The number of rotatable bonds is 5. The second-order valence-corrected chi connectivity index (χ2v) is 7.61. The molecule has 3 aromatic heterocycles. The van der Waals surface area contributed by atoms with Gasteiger partial charge >= 0.3 is 6.18 Å². The standard InChI is InChI=1S/C22H16F3N7O2/c1-13-5-2-3-6-15(13)10-32-20-18(28-30-32)21(33)31(12-26-20)11-17-27-19(29-34-17)14-7-4-8-16(9-14)22(23,24)25/h2-9,12H,10-11H2,1H3. The highest BCUT2D eigenvalue weighted by molar-refractivity contribution is 5.67. The van der Waals surface area contributed by atoms with Crippen LogP contribution < -0.4 is 5.56 Å². The predicted molar refractivity (Wildman–Crippen MR) is 114 cm³/mol. The SMILES string of the molecule is Cc1ccccc1Cn1nnc2c(=O)n(Cc3nc(-c4cccc(C(F)(F)F)c4)no3)cnc21. The Kier molecular flexibility index (Phi) is 5.19. The molecule has 0 N–H and O–H groups in total. The molecule has 12 heteroatoms. The molecule has 9 nitrogen and oxygen atoms in total. The van der Waals surface area contributed by atoms with Crippen LogP contribution in [0.25, 0.3) is 22.6 Å². The number of halogens is 3. The molecule has 0 aliphatic rings. The molecule has 3 heterocycles. The third-order valence-corrected chi connectivity index (χ3v) is 5.29. The van der Waals surface area contributed by atoms with Crippen LogP contribution in [-0.2, 0) is 19.3 Å². The molecule has 0 spiro atoms. The van der Waals surface area contributed by atoms with Gasteiger partial charge < -0.3 is 4.52 Å². The Bertz CT molecular complexity index is 1550. The van der Waals surface area contributed by atoms with E-state index in [-0.39, 0.29) is 29.3 Å². The lowest BCUT2D eigenvalue weighted by Crippen LogP contribution is -2.21. The van der Waals surface area contributed by atoms with Crippen molar-refractivity contribution in [2.45, 2.75) is 26.2 Å². The molecular weight excluding hydrogens is 451 g/mol. The van der Waals surface area contributed by atoms with Gasteiger partial charge in [0, 0.05) is 5.56 Å². The van der Waals surface area contributed by atoms with Gasteiger partial charge in [-0.15, -0.1) is 5.10 Å². The van der Waals surface area contributed by atoms with E-state index in [1.165, 1.54) is 23.0 Å². The molecule has 0 aliphatic carbocycles. The van der Waals surface area contributed by atoms with Crippen molar-refractivity contribution < 1.29 is 17.7 Å². The molecule has 5 rings (SSSR count). The Labute approximate surface area is 189 Å². The highest BCUT2D eigenvalue weighted by atomic mass is 19.4. The van der Waals surface area contributed by atoms with E-state index < -0.39 is 17.3 Å². The fraction of sp³-hybridized carbons (Fsp3) is 0.182. The molecule has 0 saturated heterocycles. The molecule has 5 aromatic rings. The zero-order valence-corrected chi connectivity index (χ0v) is 17.7. The van der Waals surface area contributed by atoms with Gasteiger partial charge in [-0.05, 0) is 30.2 Å². The third-order valence-electron chi connectivity index (χ3n) is 5.29. The summed E-state index contributed by atoms with van der Waals surface area (Å²) in [5, 5.41) is 11.8. The van der Waals surface area contributed by atoms with Crippen molar-refractivity contribution in [3.05, 3.63) is 87.8 Å². The summed E-state index contributed by atoms with van der Waals surface area (Å²) in [5.41, 5.74) is 1.37. The van der Waals surface area contributed by atoms with Gasteiger partial charge in [-0.3, -0.25) is 9.36 Å². The first kappa shape index (κ1) is 21.5. The Morgan fingerprint density at radius 1 is 1.06 bits per heavy atom. The maximum Gasteiger partial charge on any atom is 0.416 e. The summed E-state index contributed by atoms with van der Waals surface area (Å²) in [6, 6.07) is 12.4. The van der Waals surface area contributed by atoms with Crippen molar-refractivity contribution in [3.8, 4) is 11.4 Å². The molecule has 0 unspecified atom stereocenters. The number of benzene rings is 2. The van der Waals surface area contributed by atoms with Gasteiger partial charge in [-0.2, -0.15) is 18.2 Å². The van der Waals surface area contributed by atoms with Crippen LogP contribution in [-0.4, -0.2) is 34.7 Å².